The molecule has 0 unspecified atom stereocenters. The van der Waals surface area contributed by atoms with Crippen LogP contribution >= 0.6 is 116 Å². The molecule has 0 saturated carbocycles. The highest BCUT2D eigenvalue weighted by Gasteiger charge is 2.20. The van der Waals surface area contributed by atoms with E-state index in [-0.39, 0.29) is 54.5 Å². The Bertz CT molecular complexity index is 5260. The fourth-order valence-electron chi connectivity index (χ4n) is 12.0. The van der Waals surface area contributed by atoms with E-state index in [0.717, 1.165) is 61.0 Å². The number of nitrogens with one attached hydrogen (secondary N) is 1. The van der Waals surface area contributed by atoms with Gasteiger partial charge in [0.25, 0.3) is 0 Å². The van der Waals surface area contributed by atoms with Crippen LogP contribution in [-0.2, 0) is 13.2 Å². The Morgan fingerprint density at radius 1 is 0.380 bits per heavy atom. The Labute approximate surface area is 762 Å². The Kier molecular flexibility index (Phi) is 47.3. The Morgan fingerprint density at radius 3 is 1.13 bits per heavy atom. The van der Waals surface area contributed by atoms with Crippen molar-refractivity contribution in [3.63, 3.8) is 0 Å². The number of nitrogen functional groups attached to an aromatic ring is 3. The van der Waals surface area contributed by atoms with E-state index >= 15 is 0 Å². The molecule has 1 heterocycles. The lowest BCUT2D eigenvalue weighted by Crippen LogP contribution is -2.04. The molecule has 10 N–H and O–H groups in total. The van der Waals surface area contributed by atoms with Gasteiger partial charge in [0, 0.05) is 90.3 Å². The van der Waals surface area contributed by atoms with Gasteiger partial charge in [0.05, 0.1) is 76.9 Å². The lowest BCUT2D eigenvalue weighted by atomic mass is 9.96. The quantitative estimate of drug-likeness (QED) is 0.0498. The van der Waals surface area contributed by atoms with Gasteiger partial charge in [-0.3, -0.25) is 0 Å². The molecule has 0 atom stereocenters. The third-order valence-corrected chi connectivity index (χ3v) is 20.6. The maximum absolute atomic E-state index is 13.1. The van der Waals surface area contributed by atoms with Crippen LogP contribution in [0.3, 0.4) is 0 Å². The maximum Gasteiger partial charge on any atom is 0.336 e. The summed E-state index contributed by atoms with van der Waals surface area (Å²) in [4.78, 5) is 19.0. The normalized spacial score (nSPS) is 10.4. The molecule has 642 valence electrons. The minimum absolute atomic E-state index is 0.0299. The summed E-state index contributed by atoms with van der Waals surface area (Å²) < 4.78 is 26.0. The Hall–Kier alpha value is -9.14. The first-order chi connectivity index (χ1) is 56.6. The van der Waals surface area contributed by atoms with Crippen LogP contribution in [0.1, 0.15) is 283 Å². The average molecular weight is 1840 g/mol. The molecule has 0 aliphatic carbocycles. The zero-order chi connectivity index (χ0) is 92.3. The molecule has 9 aromatic carbocycles. The van der Waals surface area contributed by atoms with Crippen LogP contribution in [0.2, 0.25) is 50.2 Å². The van der Waals surface area contributed by atoms with Crippen LogP contribution in [0.15, 0.2) is 140 Å². The summed E-state index contributed by atoms with van der Waals surface area (Å²) >= 11 is 59.9. The zero-order valence-electron chi connectivity index (χ0n) is 71.0. The number of aromatic carboxylic acids is 1. The molecule has 27 heteroatoms. The van der Waals surface area contributed by atoms with E-state index in [4.69, 9.17) is 170 Å². The maximum atomic E-state index is 13.1. The highest BCUT2D eigenvalue weighted by atomic mass is 35.5. The molecule has 0 radical (unpaired) electrons. The summed E-state index contributed by atoms with van der Waals surface area (Å²) in [5, 5.41) is 80.2. The van der Waals surface area contributed by atoms with Crippen molar-refractivity contribution in [2.24, 2.45) is 0 Å². The molecule has 0 aliphatic heterocycles. The molecule has 1 aromatic heterocycles. The van der Waals surface area contributed by atoms with Gasteiger partial charge < -0.3 is 37.8 Å². The number of hydrogen-bond donors (Lipinski definition) is 7. The minimum Gasteiger partial charge on any atom is -0.478 e. The summed E-state index contributed by atoms with van der Waals surface area (Å²) in [7, 11) is 0. The third kappa shape index (κ3) is 34.2. The van der Waals surface area contributed by atoms with Crippen LogP contribution < -0.4 is 22.5 Å². The van der Waals surface area contributed by atoms with Gasteiger partial charge in [-0.15, -0.1) is 0 Å². The standard InChI is InChI=1S/C15H15ClN4.C11H12ClNO.C10H12Cl2O.C10H9ClFN.C10H11ClN2.C10H11ClO2.C10H10FN.C9H11Cl2N.C9H12ClN/c1-9(2)15-11(7-17)5-12(6-13(15)16)20-14-4-10(3)18-8-19-14;1-7(2)11-9(5-13)3-8(6-14)4-10(11)12;1-6(2)10-8(11)3-7(5-13)4-9(10)12;1-6(2)10-7(5-13)3-8(12)4-9(10)11;1-6(2)10-7(5-12)3-8(13)4-9(10)11;1-6(2)9-7(10(12)13)4-3-5-8(9)11;1-7(2)10-8(6-12)4-3-5-9(10)11;1-5(2)9-7(10)3-6(12)4-8(9)11;1-6(2)8-4-3-7(11)5-9(8)10/h4-6,8-9H,1-3H3,(H,18,19,20);3-4,7,14H,6H2,1-2H3;3-4,6,13H,5H2,1-2H3;3-4,6H,1-2H3;3-4,6H,13H2,1-2H3;3-6H,1-2H3,(H,12,13);3-5,7H,1-2H3;3-5H,12H2,1-2H3;3-6H,11H2,1-2H3. The smallest absolute Gasteiger partial charge is 0.336 e. The number of carboxylic acids is 1. The number of aliphatic hydroxyl groups excluding tert-OH is 2. The van der Waals surface area contributed by atoms with Gasteiger partial charge >= 0.3 is 5.97 Å². The van der Waals surface area contributed by atoms with Crippen LogP contribution in [-0.4, -0.2) is 31.3 Å². The van der Waals surface area contributed by atoms with Crippen molar-refractivity contribution in [2.45, 2.75) is 198 Å². The van der Waals surface area contributed by atoms with Crippen molar-refractivity contribution >= 4 is 151 Å². The molecule has 121 heavy (non-hydrogen) atoms. The lowest BCUT2D eigenvalue weighted by Gasteiger charge is -2.13. The summed E-state index contributed by atoms with van der Waals surface area (Å²) in [6.45, 7) is 37.6. The second-order valence-electron chi connectivity index (χ2n) is 30.1. The van der Waals surface area contributed by atoms with Gasteiger partial charge in [0.2, 0.25) is 0 Å². The molecule has 0 fully saturated rings. The fraction of sp³-hybridized carbons (Fsp3) is 0.319. The van der Waals surface area contributed by atoms with Gasteiger partial charge in [-0.1, -0.05) is 259 Å². The minimum atomic E-state index is -0.925. The number of carboxylic acid groups (broad SMARTS) is 1. The number of nitrogens with zero attached hydrogens (tertiary/aromatic N) is 7. The number of rotatable bonds is 14. The van der Waals surface area contributed by atoms with E-state index in [1.54, 1.807) is 91.0 Å². The van der Waals surface area contributed by atoms with E-state index in [1.165, 1.54) is 24.5 Å². The highest BCUT2D eigenvalue weighted by Crippen LogP contribution is 2.38. The largest absolute Gasteiger partial charge is 0.478 e. The predicted molar refractivity (Wildman–Crippen MR) is 500 cm³/mol. The van der Waals surface area contributed by atoms with Crippen molar-refractivity contribution in [1.82, 2.24) is 9.97 Å². The number of aromatic nitrogens is 2. The van der Waals surface area contributed by atoms with E-state index < -0.39 is 11.8 Å². The zero-order valence-corrected chi connectivity index (χ0v) is 78.6. The van der Waals surface area contributed by atoms with Crippen molar-refractivity contribution in [1.29, 1.82) is 26.3 Å². The first kappa shape index (κ1) is 108. The Morgan fingerprint density at radius 2 is 0.744 bits per heavy atom. The molecule has 0 saturated heterocycles. The van der Waals surface area contributed by atoms with Crippen LogP contribution in [0.5, 0.6) is 0 Å². The van der Waals surface area contributed by atoms with Gasteiger partial charge in [0.1, 0.15) is 23.8 Å². The first-order valence-corrected chi connectivity index (χ1v) is 42.0. The third-order valence-electron chi connectivity index (χ3n) is 17.5. The monoisotopic (exact) mass is 1840 g/mol. The summed E-state index contributed by atoms with van der Waals surface area (Å²) in [5.41, 5.74) is 31.9. The molecule has 0 aliphatic rings. The second-order valence-corrected chi connectivity index (χ2v) is 34.1. The molecule has 0 spiro atoms. The van der Waals surface area contributed by atoms with Gasteiger partial charge in [-0.25, -0.2) is 23.5 Å². The van der Waals surface area contributed by atoms with Crippen molar-refractivity contribution in [2.75, 3.05) is 22.5 Å². The number of aliphatic hydroxyl groups is 2. The summed E-state index contributed by atoms with van der Waals surface area (Å²) in [5.74, 6) is 1.04. The topological polar surface area (TPSA) is 313 Å². The number of nitrogens with two attached hydrogens (primary N) is 3. The fourth-order valence-corrected chi connectivity index (χ4v) is 16.5. The van der Waals surface area contributed by atoms with Gasteiger partial charge in [0.15, 0.2) is 0 Å². The Balaban J connectivity index is 0.000000464. The average Bonchev–Trinajstić information content (AvgIpc) is 0.816. The molecule has 0 amide bonds. The van der Waals surface area contributed by atoms with Crippen molar-refractivity contribution in [3.8, 4) is 30.3 Å². The van der Waals surface area contributed by atoms with Gasteiger partial charge in [-0.2, -0.15) is 26.3 Å². The number of hydrogen-bond acceptors (Lipinski definition) is 14. The number of halogens is 12. The van der Waals surface area contributed by atoms with Gasteiger partial charge in [-0.05, 0) is 225 Å². The molecule has 0 bridgehead atoms. The molecular weight excluding hydrogens is 1740 g/mol. The van der Waals surface area contributed by atoms with E-state index in [0.29, 0.717) is 136 Å². The van der Waals surface area contributed by atoms with Crippen LogP contribution in [0.4, 0.5) is 37.3 Å². The molecule has 10 aromatic rings. The van der Waals surface area contributed by atoms with Crippen LogP contribution in [0, 0.1) is 75.2 Å². The molecule has 15 nitrogen and oxygen atoms in total. The number of benzene rings is 9. The van der Waals surface area contributed by atoms with Crippen molar-refractivity contribution < 1.29 is 28.9 Å². The SMILES string of the molecule is CC(C)c1c(Cl)cc(CO)cc1C#N.CC(C)c1c(Cl)cc(CO)cc1Cl.CC(C)c1c(Cl)cc(F)cc1C#N.CC(C)c1c(Cl)cc(N)cc1C#N.CC(C)c1c(Cl)cc(N)cc1Cl.CC(C)c1c(Cl)cccc1C(=O)O.CC(C)c1c(F)cccc1C#N.CC(C)c1ccc(N)cc1Cl.Cc1cc(Nc2cc(Cl)c(C(C)C)c(C#N)c2)ncn1. The number of carbonyl (C=O) groups is 1. The van der Waals surface area contributed by atoms with E-state index in [2.05, 4.69) is 47.3 Å². The summed E-state index contributed by atoms with van der Waals surface area (Å²) in [6, 6.07) is 47.0. The van der Waals surface area contributed by atoms with Crippen molar-refractivity contribution in [3.05, 3.63) is 302 Å². The van der Waals surface area contributed by atoms with E-state index in [1.807, 2.05) is 154 Å². The highest BCUT2D eigenvalue weighted by molar-refractivity contribution is 6.37. The number of nitriles is 5. The number of anilines is 5. The summed E-state index contributed by atoms with van der Waals surface area (Å²) in [6.07, 6.45) is 1.49. The van der Waals surface area contributed by atoms with Crippen LogP contribution in [0.25, 0.3) is 0 Å². The predicted octanol–water partition coefficient (Wildman–Crippen LogP) is 29.7. The lowest BCUT2D eigenvalue weighted by molar-refractivity contribution is 0.0695. The molecule has 10 rings (SSSR count). The first-order valence-electron chi connectivity index (χ1n) is 38.2. The number of aryl methyl sites for hydroxylation is 1. The van der Waals surface area contributed by atoms with E-state index in [9.17, 15) is 18.8 Å². The second kappa shape index (κ2) is 53.0. The molecular formula is C94H103Cl10F2N11O4.